The minimum atomic E-state index is -1.47. The highest BCUT2D eigenvalue weighted by molar-refractivity contribution is 6.08. The van der Waals surface area contributed by atoms with E-state index in [2.05, 4.69) is 10.3 Å². The Labute approximate surface area is 78.4 Å². The minimum Gasteiger partial charge on any atom is -0.479 e. The fourth-order valence-corrected chi connectivity index (χ4v) is 0.920. The second kappa shape index (κ2) is 6.88. The Kier molecular flexibility index (Phi) is 6.57. The van der Waals surface area contributed by atoms with Gasteiger partial charge in [-0.3, -0.25) is 0 Å². The average molecular weight is 187 g/mol. The van der Waals surface area contributed by atoms with Crippen molar-refractivity contribution in [2.45, 2.75) is 31.9 Å². The highest BCUT2D eigenvalue weighted by Crippen LogP contribution is 2.02. The van der Waals surface area contributed by atoms with Crippen LogP contribution in [0.5, 0.6) is 0 Å². The molecule has 0 saturated heterocycles. The number of hydrogen-bond donors (Lipinski definition) is 3. The first-order chi connectivity index (χ1) is 6.13. The molecule has 0 rings (SSSR count). The molecule has 0 heterocycles. The molecule has 2 atom stereocenters. The molecule has 2 unspecified atom stereocenters. The number of hydroxylamine groups is 1. The van der Waals surface area contributed by atoms with Crippen LogP contribution in [0.25, 0.3) is 0 Å². The van der Waals surface area contributed by atoms with Crippen LogP contribution >= 0.6 is 0 Å². The van der Waals surface area contributed by atoms with E-state index < -0.39 is 18.1 Å². The first-order valence-electron chi connectivity index (χ1n) is 4.11. The fourth-order valence-electron chi connectivity index (χ4n) is 0.920. The molecular formula is C7H14BNO4. The maximum atomic E-state index is 10.4. The van der Waals surface area contributed by atoms with Crippen molar-refractivity contribution in [3.05, 3.63) is 0 Å². The SMILES string of the molecule is [B]CONC(CCC)C(O)C(=O)O. The van der Waals surface area contributed by atoms with Crippen LogP contribution < -0.4 is 5.48 Å². The lowest BCUT2D eigenvalue weighted by Crippen LogP contribution is -2.44. The van der Waals surface area contributed by atoms with Crippen LogP contribution in [0.15, 0.2) is 0 Å². The van der Waals surface area contributed by atoms with Crippen LogP contribution in [0, 0.1) is 0 Å². The molecule has 74 valence electrons. The monoisotopic (exact) mass is 187 g/mol. The molecule has 0 spiro atoms. The maximum Gasteiger partial charge on any atom is 0.334 e. The molecule has 0 aromatic heterocycles. The first kappa shape index (κ1) is 12.4. The molecule has 5 nitrogen and oxygen atoms in total. The summed E-state index contributed by atoms with van der Waals surface area (Å²) in [5, 5.41) is 17.7. The second-order valence-corrected chi connectivity index (χ2v) is 2.61. The average Bonchev–Trinajstić information content (AvgIpc) is 2.11. The van der Waals surface area contributed by atoms with Crippen LogP contribution in [0.4, 0.5) is 0 Å². The number of hydrogen-bond acceptors (Lipinski definition) is 4. The number of nitrogens with one attached hydrogen (secondary N) is 1. The van der Waals surface area contributed by atoms with Crippen LogP contribution in [0.1, 0.15) is 19.8 Å². The predicted octanol–water partition coefficient (Wildman–Crippen LogP) is -0.752. The number of aliphatic carboxylic acids is 1. The maximum absolute atomic E-state index is 10.4. The standard InChI is InChI=1S/C7H14BNO4/c1-2-3-5(9-13-4-8)6(10)7(11)12/h5-6,9-10H,2-4H2,1H3,(H,11,12). The Morgan fingerprint density at radius 1 is 1.69 bits per heavy atom. The number of carboxylic acids is 1. The third kappa shape index (κ3) is 4.87. The van der Waals surface area contributed by atoms with Crippen molar-refractivity contribution < 1.29 is 19.8 Å². The summed E-state index contributed by atoms with van der Waals surface area (Å²) in [6, 6.07) is -0.619. The normalized spacial score (nSPS) is 15.2. The van der Waals surface area contributed by atoms with E-state index >= 15 is 0 Å². The van der Waals surface area contributed by atoms with Crippen LogP contribution in [-0.4, -0.2) is 42.7 Å². The van der Waals surface area contributed by atoms with Gasteiger partial charge >= 0.3 is 5.97 Å². The van der Waals surface area contributed by atoms with E-state index in [-0.39, 0.29) is 6.51 Å². The molecule has 0 bridgehead atoms. The van der Waals surface area contributed by atoms with Crippen LogP contribution in [0.3, 0.4) is 0 Å². The summed E-state index contributed by atoms with van der Waals surface area (Å²) in [6.45, 7) is 1.82. The summed E-state index contributed by atoms with van der Waals surface area (Å²) < 4.78 is 0. The van der Waals surface area contributed by atoms with Gasteiger partial charge < -0.3 is 15.1 Å². The van der Waals surface area contributed by atoms with Crippen molar-refractivity contribution in [3.63, 3.8) is 0 Å². The van der Waals surface area contributed by atoms with Crippen molar-refractivity contribution in [3.8, 4) is 0 Å². The lowest BCUT2D eigenvalue weighted by molar-refractivity contribution is -0.150. The van der Waals surface area contributed by atoms with Crippen molar-refractivity contribution in [2.24, 2.45) is 0 Å². The zero-order valence-electron chi connectivity index (χ0n) is 7.56. The van der Waals surface area contributed by atoms with Crippen molar-refractivity contribution in [1.82, 2.24) is 5.48 Å². The van der Waals surface area contributed by atoms with Crippen molar-refractivity contribution in [2.75, 3.05) is 6.51 Å². The zero-order chi connectivity index (χ0) is 10.3. The van der Waals surface area contributed by atoms with Gasteiger partial charge in [0.05, 0.1) is 6.04 Å². The van der Waals surface area contributed by atoms with E-state index in [1.54, 1.807) is 0 Å². The largest absolute Gasteiger partial charge is 0.479 e. The summed E-state index contributed by atoms with van der Waals surface area (Å²) in [5.41, 5.74) is 2.40. The van der Waals surface area contributed by atoms with Gasteiger partial charge in [0.2, 0.25) is 0 Å². The van der Waals surface area contributed by atoms with Gasteiger partial charge in [0, 0.05) is 6.51 Å². The molecule has 0 aliphatic carbocycles. The molecule has 0 fully saturated rings. The molecule has 13 heavy (non-hydrogen) atoms. The molecule has 0 aromatic rings. The molecular weight excluding hydrogens is 173 g/mol. The summed E-state index contributed by atoms with van der Waals surface area (Å²) in [6.07, 6.45) is -0.213. The number of carbonyl (C=O) groups is 1. The Bertz CT molecular complexity index is 155. The van der Waals surface area contributed by atoms with Crippen LogP contribution in [0.2, 0.25) is 0 Å². The van der Waals surface area contributed by atoms with E-state index in [4.69, 9.17) is 18.1 Å². The van der Waals surface area contributed by atoms with Crippen LogP contribution in [-0.2, 0) is 9.63 Å². The van der Waals surface area contributed by atoms with Gasteiger partial charge in [-0.2, -0.15) is 5.48 Å². The number of rotatable bonds is 7. The second-order valence-electron chi connectivity index (χ2n) is 2.61. The zero-order valence-corrected chi connectivity index (χ0v) is 7.56. The fraction of sp³-hybridized carbons (Fsp3) is 0.857. The molecule has 0 aliphatic rings. The van der Waals surface area contributed by atoms with E-state index in [9.17, 15) is 4.79 Å². The molecule has 0 aromatic carbocycles. The highest BCUT2D eigenvalue weighted by Gasteiger charge is 2.24. The number of aliphatic hydroxyl groups is 1. The summed E-state index contributed by atoms with van der Waals surface area (Å²) in [4.78, 5) is 15.0. The molecule has 0 aliphatic heterocycles. The van der Waals surface area contributed by atoms with Gasteiger partial charge in [0.15, 0.2) is 6.10 Å². The third-order valence-corrected chi connectivity index (χ3v) is 1.55. The topological polar surface area (TPSA) is 78.8 Å². The molecule has 3 N–H and O–H groups in total. The highest BCUT2D eigenvalue weighted by atomic mass is 16.6. The van der Waals surface area contributed by atoms with E-state index in [1.807, 2.05) is 6.92 Å². The van der Waals surface area contributed by atoms with E-state index in [1.165, 1.54) is 0 Å². The van der Waals surface area contributed by atoms with Gasteiger partial charge in [-0.1, -0.05) is 13.3 Å². The van der Waals surface area contributed by atoms with Gasteiger partial charge in [-0.25, -0.2) is 4.79 Å². The molecule has 2 radical (unpaired) electrons. The Balaban J connectivity index is 3.98. The predicted molar refractivity (Wildman–Crippen MR) is 47.2 cm³/mol. The van der Waals surface area contributed by atoms with Gasteiger partial charge in [-0.15, -0.1) is 0 Å². The van der Waals surface area contributed by atoms with Gasteiger partial charge in [0.1, 0.15) is 7.85 Å². The van der Waals surface area contributed by atoms with Crippen molar-refractivity contribution >= 4 is 13.8 Å². The summed E-state index contributed by atoms with van der Waals surface area (Å²) in [7, 11) is 5.04. The summed E-state index contributed by atoms with van der Waals surface area (Å²) >= 11 is 0. The lowest BCUT2D eigenvalue weighted by Gasteiger charge is -2.19. The molecule has 0 saturated carbocycles. The molecule has 0 amide bonds. The number of aliphatic hydroxyl groups excluding tert-OH is 1. The molecule has 6 heteroatoms. The van der Waals surface area contributed by atoms with E-state index in [0.717, 1.165) is 6.42 Å². The van der Waals surface area contributed by atoms with Crippen molar-refractivity contribution in [1.29, 1.82) is 0 Å². The number of carboxylic acid groups (broad SMARTS) is 1. The smallest absolute Gasteiger partial charge is 0.334 e. The quantitative estimate of drug-likeness (QED) is 0.361. The Morgan fingerprint density at radius 3 is 2.69 bits per heavy atom. The first-order valence-corrected chi connectivity index (χ1v) is 4.11. The minimum absolute atomic E-state index is 0.0629. The van der Waals surface area contributed by atoms with Gasteiger partial charge in [-0.05, 0) is 6.42 Å². The lowest BCUT2D eigenvalue weighted by atomic mass is 10.1. The summed E-state index contributed by atoms with van der Waals surface area (Å²) in [5.74, 6) is -1.27. The third-order valence-electron chi connectivity index (χ3n) is 1.55. The Hall–Kier alpha value is -0.585. The Morgan fingerprint density at radius 2 is 2.31 bits per heavy atom. The van der Waals surface area contributed by atoms with Gasteiger partial charge in [0.25, 0.3) is 0 Å². The van der Waals surface area contributed by atoms with E-state index in [0.29, 0.717) is 6.42 Å².